The van der Waals surface area contributed by atoms with Gasteiger partial charge in [0.05, 0.1) is 28.5 Å². The average Bonchev–Trinajstić information content (AvgIpc) is 3.62. The van der Waals surface area contributed by atoms with Crippen molar-refractivity contribution in [2.45, 2.75) is 19.4 Å². The van der Waals surface area contributed by atoms with Gasteiger partial charge in [0.15, 0.2) is 0 Å². The van der Waals surface area contributed by atoms with Gasteiger partial charge in [-0.3, -0.25) is 9.48 Å². The number of carbonyl (C=O) groups excluding carboxylic acids is 1. The van der Waals surface area contributed by atoms with Crippen molar-refractivity contribution >= 4 is 54.7 Å². The maximum atomic E-state index is 12.8. The van der Waals surface area contributed by atoms with E-state index >= 15 is 0 Å². The van der Waals surface area contributed by atoms with Gasteiger partial charge in [0, 0.05) is 56.0 Å². The number of hydrogen-bond acceptors (Lipinski definition) is 8. The normalized spacial score (nSPS) is 13.3. The molecule has 3 N–H and O–H groups in total. The van der Waals surface area contributed by atoms with Gasteiger partial charge < -0.3 is 20.7 Å². The molecule has 0 unspecified atom stereocenters. The van der Waals surface area contributed by atoms with Crippen LogP contribution in [-0.2, 0) is 29.5 Å². The van der Waals surface area contributed by atoms with E-state index < -0.39 is 0 Å². The van der Waals surface area contributed by atoms with Crippen molar-refractivity contribution in [2.24, 2.45) is 7.05 Å². The number of fused-ring (bicyclic) bond motifs is 3. The molecule has 10 heteroatoms. The molecule has 0 saturated carbocycles. The fourth-order valence-corrected chi connectivity index (χ4v) is 7.26. The highest BCUT2D eigenvalue weighted by atomic mass is 32.1. The van der Waals surface area contributed by atoms with E-state index in [1.54, 1.807) is 29.8 Å². The van der Waals surface area contributed by atoms with Gasteiger partial charge >= 0.3 is 0 Å². The third-order valence-electron chi connectivity index (χ3n) is 6.88. The number of hydrogen-bond donors (Lipinski definition) is 3. The summed E-state index contributed by atoms with van der Waals surface area (Å²) >= 11 is 3.36. The standard InChI is InChI=1S/C28H30N6O2S2/c1-34-22-13-17(3-4-19(22)15-31-34)18-5-6-21-23(14-18)37-27(32-21)26-20-7-9-30-16-24(20)38-28(26)33-25(35)8-10-29-11-12-36-2/h3-6,13-15,29-30H,7-12,16H2,1-2H3,(H,33,35). The van der Waals surface area contributed by atoms with E-state index in [0.29, 0.717) is 19.6 Å². The van der Waals surface area contributed by atoms with Crippen LogP contribution in [0.5, 0.6) is 0 Å². The molecule has 8 nitrogen and oxygen atoms in total. The quantitative estimate of drug-likeness (QED) is 0.230. The van der Waals surface area contributed by atoms with E-state index in [1.165, 1.54) is 10.4 Å². The molecule has 2 aromatic carbocycles. The third kappa shape index (κ3) is 4.97. The number of aryl methyl sites for hydroxylation is 1. The number of thiophene rings is 1. The summed E-state index contributed by atoms with van der Waals surface area (Å²) in [5, 5.41) is 17.3. The maximum absolute atomic E-state index is 12.8. The summed E-state index contributed by atoms with van der Waals surface area (Å²) in [5.41, 5.74) is 6.80. The Bertz CT molecular complexity index is 1620. The Balaban J connectivity index is 1.30. The van der Waals surface area contributed by atoms with Gasteiger partial charge in [0.1, 0.15) is 10.0 Å². The number of amides is 1. The van der Waals surface area contributed by atoms with Gasteiger partial charge in [0.25, 0.3) is 0 Å². The van der Waals surface area contributed by atoms with Crippen molar-refractivity contribution in [3.05, 3.63) is 53.0 Å². The van der Waals surface area contributed by atoms with Crippen LogP contribution in [0.25, 0.3) is 42.8 Å². The van der Waals surface area contributed by atoms with E-state index in [0.717, 1.165) is 73.9 Å². The first-order valence-electron chi connectivity index (χ1n) is 12.8. The van der Waals surface area contributed by atoms with Crippen LogP contribution >= 0.6 is 22.7 Å². The Hall–Kier alpha value is -3.15. The first-order chi connectivity index (χ1) is 18.6. The lowest BCUT2D eigenvalue weighted by molar-refractivity contribution is -0.116. The molecule has 0 fully saturated rings. The van der Waals surface area contributed by atoms with Gasteiger partial charge in [-0.2, -0.15) is 5.10 Å². The Morgan fingerprint density at radius 2 is 2.03 bits per heavy atom. The smallest absolute Gasteiger partial charge is 0.226 e. The lowest BCUT2D eigenvalue weighted by atomic mass is 10.0. The summed E-state index contributed by atoms with van der Waals surface area (Å²) in [6.07, 6.45) is 3.23. The van der Waals surface area contributed by atoms with Crippen LogP contribution in [0, 0.1) is 0 Å². The molecule has 1 amide bonds. The number of nitrogens with one attached hydrogen (secondary N) is 3. The molecular weight excluding hydrogens is 516 g/mol. The predicted molar refractivity (Wildman–Crippen MR) is 156 cm³/mol. The summed E-state index contributed by atoms with van der Waals surface area (Å²) in [6, 6.07) is 12.9. The number of aromatic nitrogens is 3. The summed E-state index contributed by atoms with van der Waals surface area (Å²) in [5.74, 6) is 0.0108. The molecule has 4 heterocycles. The molecule has 5 aromatic rings. The van der Waals surface area contributed by atoms with Crippen molar-refractivity contribution in [3.63, 3.8) is 0 Å². The third-order valence-corrected chi connectivity index (χ3v) is 9.06. The molecule has 1 aliphatic rings. The van der Waals surface area contributed by atoms with Crippen molar-refractivity contribution in [1.82, 2.24) is 25.4 Å². The van der Waals surface area contributed by atoms with E-state index in [2.05, 4.69) is 57.4 Å². The Labute approximate surface area is 229 Å². The Morgan fingerprint density at radius 3 is 2.92 bits per heavy atom. The molecular formula is C28H30N6O2S2. The Morgan fingerprint density at radius 1 is 1.16 bits per heavy atom. The number of benzene rings is 2. The van der Waals surface area contributed by atoms with Crippen LogP contribution in [-0.4, -0.2) is 54.0 Å². The zero-order chi connectivity index (χ0) is 26.1. The van der Waals surface area contributed by atoms with Gasteiger partial charge in [-0.1, -0.05) is 18.2 Å². The topological polar surface area (TPSA) is 93.1 Å². The SMILES string of the molecule is COCCNCCC(=O)Nc1sc2c(c1-c1nc3ccc(-c4ccc5cnn(C)c5c4)cc3s1)CCNC2. The second-order valence-corrected chi connectivity index (χ2v) is 11.6. The van der Waals surface area contributed by atoms with Gasteiger partial charge in [-0.15, -0.1) is 22.7 Å². The summed E-state index contributed by atoms with van der Waals surface area (Å²) in [7, 11) is 3.64. The highest BCUT2D eigenvalue weighted by Gasteiger charge is 2.25. The van der Waals surface area contributed by atoms with Crippen LogP contribution in [0.2, 0.25) is 0 Å². The van der Waals surface area contributed by atoms with E-state index in [9.17, 15) is 4.79 Å². The van der Waals surface area contributed by atoms with Crippen LogP contribution in [0.1, 0.15) is 16.9 Å². The first kappa shape index (κ1) is 25.1. The van der Waals surface area contributed by atoms with E-state index in [1.807, 2.05) is 17.9 Å². The minimum Gasteiger partial charge on any atom is -0.383 e. The minimum atomic E-state index is 0.0108. The molecule has 0 aliphatic carbocycles. The van der Waals surface area contributed by atoms with Crippen molar-refractivity contribution in [2.75, 3.05) is 38.7 Å². The summed E-state index contributed by atoms with van der Waals surface area (Å²) in [6.45, 7) is 3.74. The molecule has 0 saturated heterocycles. The van der Waals surface area contributed by atoms with Crippen molar-refractivity contribution in [1.29, 1.82) is 0 Å². The van der Waals surface area contributed by atoms with Crippen LogP contribution in [0.4, 0.5) is 5.00 Å². The molecule has 0 radical (unpaired) electrons. The molecule has 1 aliphatic heterocycles. The molecule has 0 bridgehead atoms. The lowest BCUT2D eigenvalue weighted by Gasteiger charge is -2.13. The number of nitrogens with zero attached hydrogens (tertiary/aromatic N) is 3. The molecule has 0 atom stereocenters. The second kappa shape index (κ2) is 10.9. The molecule has 38 heavy (non-hydrogen) atoms. The number of thiazole rings is 1. The van der Waals surface area contributed by atoms with Gasteiger partial charge in [-0.25, -0.2) is 4.98 Å². The lowest BCUT2D eigenvalue weighted by Crippen LogP contribution is -2.24. The molecule has 0 spiro atoms. The van der Waals surface area contributed by atoms with Crippen LogP contribution in [0.15, 0.2) is 42.6 Å². The van der Waals surface area contributed by atoms with E-state index in [4.69, 9.17) is 9.72 Å². The number of anilines is 1. The predicted octanol–water partition coefficient (Wildman–Crippen LogP) is 4.79. The zero-order valence-corrected chi connectivity index (χ0v) is 23.1. The zero-order valence-electron chi connectivity index (χ0n) is 21.5. The first-order valence-corrected chi connectivity index (χ1v) is 14.4. The fraction of sp³-hybridized carbons (Fsp3) is 0.321. The number of methoxy groups -OCH3 is 1. The van der Waals surface area contributed by atoms with Crippen molar-refractivity contribution in [3.8, 4) is 21.7 Å². The Kier molecular flexibility index (Phi) is 7.22. The summed E-state index contributed by atoms with van der Waals surface area (Å²) < 4.78 is 8.10. The fourth-order valence-electron chi connectivity index (χ4n) is 4.87. The summed E-state index contributed by atoms with van der Waals surface area (Å²) in [4.78, 5) is 19.1. The maximum Gasteiger partial charge on any atom is 0.226 e. The highest BCUT2D eigenvalue weighted by Crippen LogP contribution is 2.45. The highest BCUT2D eigenvalue weighted by molar-refractivity contribution is 7.23. The number of carbonyl (C=O) groups is 1. The molecule has 3 aromatic heterocycles. The van der Waals surface area contributed by atoms with Crippen LogP contribution < -0.4 is 16.0 Å². The number of rotatable bonds is 9. The largest absolute Gasteiger partial charge is 0.383 e. The molecule has 196 valence electrons. The van der Waals surface area contributed by atoms with Crippen molar-refractivity contribution < 1.29 is 9.53 Å². The number of ether oxygens (including phenoxy) is 1. The molecule has 6 rings (SSSR count). The van der Waals surface area contributed by atoms with Gasteiger partial charge in [0.2, 0.25) is 5.91 Å². The van der Waals surface area contributed by atoms with Gasteiger partial charge in [-0.05, 0) is 47.9 Å². The van der Waals surface area contributed by atoms with E-state index in [-0.39, 0.29) is 5.91 Å². The monoisotopic (exact) mass is 546 g/mol. The minimum absolute atomic E-state index is 0.0108. The second-order valence-electron chi connectivity index (χ2n) is 9.42. The average molecular weight is 547 g/mol. The van der Waals surface area contributed by atoms with Crippen LogP contribution in [0.3, 0.4) is 0 Å².